The Morgan fingerprint density at radius 2 is 1.72 bits per heavy atom. The molecular formula is C30H31ClN4O3S. The van der Waals surface area contributed by atoms with Crippen LogP contribution in [0.25, 0.3) is 0 Å². The van der Waals surface area contributed by atoms with E-state index in [1.54, 1.807) is 26.4 Å². The van der Waals surface area contributed by atoms with Gasteiger partial charge in [-0.05, 0) is 60.9 Å². The molecule has 0 aliphatic heterocycles. The molecule has 0 radical (unpaired) electrons. The van der Waals surface area contributed by atoms with Crippen LogP contribution in [0, 0.1) is 6.92 Å². The lowest BCUT2D eigenvalue weighted by atomic mass is 10.1. The molecule has 0 aliphatic rings. The van der Waals surface area contributed by atoms with Gasteiger partial charge in [-0.15, -0.1) is 0 Å². The van der Waals surface area contributed by atoms with Gasteiger partial charge < -0.3 is 19.7 Å². The highest BCUT2D eigenvalue weighted by Gasteiger charge is 2.12. The Morgan fingerprint density at radius 1 is 0.949 bits per heavy atom. The number of anilines is 2. The standard InChI is InChI=1S/C30H31ClN4O3S/c1-20-8-11-24(12-9-20)32-29(36)23-7-5-6-22(16-23)19-39-30-33-27(31)18-28(34-30)35(2)15-14-21-10-13-25(37-3)26(17-21)38-4/h5-13,16-18H,14-15,19H2,1-4H3,(H,32,36). The Balaban J connectivity index is 1.37. The van der Waals surface area contributed by atoms with Gasteiger partial charge in [0, 0.05) is 36.7 Å². The Kier molecular flexibility index (Phi) is 9.68. The summed E-state index contributed by atoms with van der Waals surface area (Å²) in [6.07, 6.45) is 0.790. The highest BCUT2D eigenvalue weighted by atomic mass is 35.5. The lowest BCUT2D eigenvalue weighted by Crippen LogP contribution is -2.21. The predicted molar refractivity (Wildman–Crippen MR) is 159 cm³/mol. The predicted octanol–water partition coefficient (Wildman–Crippen LogP) is 6.68. The molecule has 4 rings (SSSR count). The van der Waals surface area contributed by atoms with Crippen LogP contribution in [0.15, 0.2) is 78.0 Å². The van der Waals surface area contributed by atoms with E-state index in [2.05, 4.69) is 10.3 Å². The molecule has 7 nitrogen and oxygen atoms in total. The molecule has 202 valence electrons. The summed E-state index contributed by atoms with van der Waals surface area (Å²) in [6.45, 7) is 2.74. The number of likely N-dealkylation sites (N-methyl/N-ethyl adjacent to an activating group) is 1. The highest BCUT2D eigenvalue weighted by Crippen LogP contribution is 2.28. The quantitative estimate of drug-likeness (QED) is 0.124. The van der Waals surface area contributed by atoms with Gasteiger partial charge in [-0.3, -0.25) is 4.79 Å². The summed E-state index contributed by atoms with van der Waals surface area (Å²) >= 11 is 7.82. The maximum atomic E-state index is 12.7. The number of hydrogen-bond acceptors (Lipinski definition) is 7. The Hall–Kier alpha value is -3.75. The van der Waals surface area contributed by atoms with Gasteiger partial charge in [-0.2, -0.15) is 0 Å². The first kappa shape index (κ1) is 28.3. The lowest BCUT2D eigenvalue weighted by Gasteiger charge is -2.19. The minimum Gasteiger partial charge on any atom is -0.493 e. The van der Waals surface area contributed by atoms with E-state index < -0.39 is 0 Å². The number of benzene rings is 3. The zero-order valence-electron chi connectivity index (χ0n) is 22.4. The highest BCUT2D eigenvalue weighted by molar-refractivity contribution is 7.98. The van der Waals surface area contributed by atoms with Crippen molar-refractivity contribution in [2.75, 3.05) is 38.0 Å². The van der Waals surface area contributed by atoms with Gasteiger partial charge in [0.1, 0.15) is 11.0 Å². The summed E-state index contributed by atoms with van der Waals surface area (Å²) in [5, 5.41) is 3.90. The molecule has 39 heavy (non-hydrogen) atoms. The van der Waals surface area contributed by atoms with Crippen LogP contribution in [0.5, 0.6) is 11.5 Å². The Bertz CT molecular complexity index is 1430. The first-order valence-corrected chi connectivity index (χ1v) is 13.8. The van der Waals surface area contributed by atoms with Crippen molar-refractivity contribution >= 4 is 40.8 Å². The normalized spacial score (nSPS) is 10.7. The summed E-state index contributed by atoms with van der Waals surface area (Å²) in [7, 11) is 5.23. The average Bonchev–Trinajstić information content (AvgIpc) is 2.95. The Labute approximate surface area is 238 Å². The van der Waals surface area contributed by atoms with Crippen LogP contribution in [0.4, 0.5) is 11.5 Å². The summed E-state index contributed by atoms with van der Waals surface area (Å²) in [5.74, 6) is 2.60. The minimum absolute atomic E-state index is 0.150. The number of carbonyl (C=O) groups excluding carboxylic acids is 1. The van der Waals surface area contributed by atoms with Crippen LogP contribution in [0.3, 0.4) is 0 Å². The fourth-order valence-electron chi connectivity index (χ4n) is 3.88. The van der Waals surface area contributed by atoms with Crippen molar-refractivity contribution in [2.24, 2.45) is 0 Å². The van der Waals surface area contributed by atoms with Gasteiger partial charge in [0.15, 0.2) is 16.7 Å². The molecule has 0 unspecified atom stereocenters. The van der Waals surface area contributed by atoms with Crippen LogP contribution in [-0.2, 0) is 12.2 Å². The minimum atomic E-state index is -0.150. The molecule has 0 bridgehead atoms. The SMILES string of the molecule is COc1ccc(CCN(C)c2cc(Cl)nc(SCc3cccc(C(=O)Nc4ccc(C)cc4)c3)n2)cc1OC. The average molecular weight is 563 g/mol. The van der Waals surface area contributed by atoms with Crippen molar-refractivity contribution in [1.29, 1.82) is 0 Å². The number of nitrogens with one attached hydrogen (secondary N) is 1. The lowest BCUT2D eigenvalue weighted by molar-refractivity contribution is 0.102. The molecule has 1 N–H and O–H groups in total. The first-order chi connectivity index (χ1) is 18.8. The molecule has 0 aliphatic carbocycles. The molecule has 9 heteroatoms. The molecule has 0 saturated carbocycles. The van der Waals surface area contributed by atoms with Crippen molar-refractivity contribution in [3.63, 3.8) is 0 Å². The second kappa shape index (κ2) is 13.4. The third kappa shape index (κ3) is 7.88. The molecule has 1 heterocycles. The number of aromatic nitrogens is 2. The van der Waals surface area contributed by atoms with Crippen molar-refractivity contribution in [1.82, 2.24) is 9.97 Å². The largest absolute Gasteiger partial charge is 0.493 e. The number of thioether (sulfide) groups is 1. The van der Waals surface area contributed by atoms with E-state index >= 15 is 0 Å². The van der Waals surface area contributed by atoms with Crippen molar-refractivity contribution in [3.05, 3.63) is 100 Å². The smallest absolute Gasteiger partial charge is 0.255 e. The van der Waals surface area contributed by atoms with Crippen molar-refractivity contribution < 1.29 is 14.3 Å². The zero-order valence-corrected chi connectivity index (χ0v) is 24.0. The van der Waals surface area contributed by atoms with E-state index in [9.17, 15) is 4.79 Å². The van der Waals surface area contributed by atoms with Crippen LogP contribution in [0.2, 0.25) is 5.15 Å². The zero-order chi connectivity index (χ0) is 27.8. The second-order valence-electron chi connectivity index (χ2n) is 9.00. The fourth-order valence-corrected chi connectivity index (χ4v) is 4.91. The third-order valence-corrected chi connectivity index (χ3v) is 7.21. The molecule has 0 spiro atoms. The van der Waals surface area contributed by atoms with E-state index in [4.69, 9.17) is 26.1 Å². The van der Waals surface area contributed by atoms with Gasteiger partial charge in [0.2, 0.25) is 0 Å². The van der Waals surface area contributed by atoms with Gasteiger partial charge >= 0.3 is 0 Å². The molecule has 1 aromatic heterocycles. The molecule has 3 aromatic carbocycles. The summed E-state index contributed by atoms with van der Waals surface area (Å²) in [6, 6.07) is 23.0. The molecule has 0 saturated heterocycles. The maximum Gasteiger partial charge on any atom is 0.255 e. The molecular weight excluding hydrogens is 532 g/mol. The monoisotopic (exact) mass is 562 g/mol. The van der Waals surface area contributed by atoms with E-state index in [-0.39, 0.29) is 5.91 Å². The number of aryl methyl sites for hydroxylation is 1. The van der Waals surface area contributed by atoms with Crippen LogP contribution in [0.1, 0.15) is 27.0 Å². The number of carbonyl (C=O) groups is 1. The van der Waals surface area contributed by atoms with Crippen LogP contribution < -0.4 is 19.7 Å². The van der Waals surface area contributed by atoms with Gasteiger partial charge in [-0.25, -0.2) is 9.97 Å². The van der Waals surface area contributed by atoms with E-state index in [0.29, 0.717) is 33.1 Å². The number of methoxy groups -OCH3 is 2. The topological polar surface area (TPSA) is 76.6 Å². The van der Waals surface area contributed by atoms with Gasteiger partial charge in [-0.1, -0.05) is 59.3 Å². The third-order valence-electron chi connectivity index (χ3n) is 6.10. The van der Waals surface area contributed by atoms with Crippen LogP contribution in [-0.4, -0.2) is 43.7 Å². The number of rotatable bonds is 11. The maximum absolute atomic E-state index is 12.7. The molecule has 4 aromatic rings. The number of amides is 1. The van der Waals surface area contributed by atoms with Gasteiger partial charge in [0.05, 0.1) is 14.2 Å². The van der Waals surface area contributed by atoms with Crippen molar-refractivity contribution in [2.45, 2.75) is 24.3 Å². The molecule has 1 amide bonds. The van der Waals surface area contributed by atoms with E-state index in [1.165, 1.54) is 11.8 Å². The number of halogens is 1. The van der Waals surface area contributed by atoms with E-state index in [1.807, 2.05) is 79.5 Å². The van der Waals surface area contributed by atoms with Gasteiger partial charge in [0.25, 0.3) is 5.91 Å². The van der Waals surface area contributed by atoms with Crippen molar-refractivity contribution in [3.8, 4) is 11.5 Å². The Morgan fingerprint density at radius 3 is 2.46 bits per heavy atom. The molecule has 0 fully saturated rings. The summed E-state index contributed by atoms with van der Waals surface area (Å²) in [5.41, 5.74) is 4.61. The number of nitrogens with zero attached hydrogens (tertiary/aromatic N) is 3. The second-order valence-corrected chi connectivity index (χ2v) is 10.3. The molecule has 0 atom stereocenters. The number of ether oxygens (including phenoxy) is 2. The van der Waals surface area contributed by atoms with Crippen LogP contribution >= 0.6 is 23.4 Å². The van der Waals surface area contributed by atoms with E-state index in [0.717, 1.165) is 41.2 Å². The summed E-state index contributed by atoms with van der Waals surface area (Å²) in [4.78, 5) is 23.9. The summed E-state index contributed by atoms with van der Waals surface area (Å²) < 4.78 is 10.7. The fraction of sp³-hybridized carbons (Fsp3) is 0.233. The first-order valence-electron chi connectivity index (χ1n) is 12.4. The number of hydrogen-bond donors (Lipinski definition) is 1.